The number of nitrogens with zero attached hydrogens (tertiary/aromatic N) is 3. The lowest BCUT2D eigenvalue weighted by molar-refractivity contribution is -0.0422. The van der Waals surface area contributed by atoms with Crippen molar-refractivity contribution in [3.8, 4) is 0 Å². The number of hydrogen-bond donors (Lipinski definition) is 4. The Morgan fingerprint density at radius 3 is 3.00 bits per heavy atom. The fraction of sp³-hybridized carbons (Fsp3) is 0.455. The first-order valence-electron chi connectivity index (χ1n) is 6.46. The molecular weight excluding hydrogens is 315 g/mol. The lowest BCUT2D eigenvalue weighted by Crippen LogP contribution is -2.25. The Morgan fingerprint density at radius 1 is 1.50 bits per heavy atom. The van der Waals surface area contributed by atoms with E-state index in [0.29, 0.717) is 16.9 Å². The van der Waals surface area contributed by atoms with E-state index in [0.717, 1.165) is 0 Å². The zero-order valence-corrected chi connectivity index (χ0v) is 12.2. The molecule has 22 heavy (non-hydrogen) atoms. The Kier molecular flexibility index (Phi) is 3.89. The number of aliphatic hydroxyl groups excluding tert-OH is 1. The van der Waals surface area contributed by atoms with Crippen molar-refractivity contribution in [2.24, 2.45) is 0 Å². The Morgan fingerprint density at radius 2 is 2.27 bits per heavy atom. The highest BCUT2D eigenvalue weighted by Crippen LogP contribution is 2.38. The molecule has 0 saturated carbocycles. The normalized spacial score (nSPS) is 25.9. The molecule has 0 bridgehead atoms. The predicted octanol–water partition coefficient (Wildman–Crippen LogP) is -0.229. The van der Waals surface area contributed by atoms with E-state index in [1.54, 1.807) is 16.8 Å². The van der Waals surface area contributed by atoms with Crippen LogP contribution in [0.25, 0.3) is 11.0 Å². The molecule has 2 aromatic rings. The van der Waals surface area contributed by atoms with Crippen LogP contribution < -0.4 is 5.73 Å². The second kappa shape index (κ2) is 5.58. The van der Waals surface area contributed by atoms with Crippen LogP contribution in [0.4, 0.5) is 5.82 Å². The van der Waals surface area contributed by atoms with Gasteiger partial charge in [-0.1, -0.05) is 0 Å². The van der Waals surface area contributed by atoms with Gasteiger partial charge in [-0.2, -0.15) is 0 Å². The summed E-state index contributed by atoms with van der Waals surface area (Å²) < 4.78 is 22.4. The Hall–Kier alpha value is -1.55. The van der Waals surface area contributed by atoms with Gasteiger partial charge in [-0.3, -0.25) is 4.52 Å². The van der Waals surface area contributed by atoms with Crippen molar-refractivity contribution in [3.63, 3.8) is 0 Å². The van der Waals surface area contributed by atoms with E-state index in [4.69, 9.17) is 20.3 Å². The number of hydrogen-bond acceptors (Lipinski definition) is 7. The minimum atomic E-state index is -4.61. The van der Waals surface area contributed by atoms with Crippen molar-refractivity contribution >= 4 is 24.7 Å². The molecule has 2 aromatic heterocycles. The summed E-state index contributed by atoms with van der Waals surface area (Å²) in [5.74, 6) is 0.337. The minimum Gasteiger partial charge on any atom is -0.390 e. The van der Waals surface area contributed by atoms with Crippen LogP contribution in [0.15, 0.2) is 18.6 Å². The van der Waals surface area contributed by atoms with Crippen LogP contribution in [0.1, 0.15) is 12.6 Å². The number of fused-ring (bicyclic) bond motifs is 1. The molecule has 120 valence electrons. The van der Waals surface area contributed by atoms with Crippen LogP contribution in [0.2, 0.25) is 0 Å². The van der Waals surface area contributed by atoms with E-state index in [-0.39, 0.29) is 6.42 Å². The van der Waals surface area contributed by atoms with Gasteiger partial charge in [0.2, 0.25) is 0 Å². The highest BCUT2D eigenvalue weighted by Gasteiger charge is 2.37. The topological polar surface area (TPSA) is 153 Å². The first-order valence-corrected chi connectivity index (χ1v) is 7.99. The lowest BCUT2D eigenvalue weighted by Gasteiger charge is -2.16. The van der Waals surface area contributed by atoms with Crippen LogP contribution in [-0.2, 0) is 13.8 Å². The number of aromatic nitrogens is 3. The van der Waals surface area contributed by atoms with Crippen molar-refractivity contribution in [1.29, 1.82) is 0 Å². The van der Waals surface area contributed by atoms with Gasteiger partial charge in [0.05, 0.1) is 18.1 Å². The highest BCUT2D eigenvalue weighted by atomic mass is 31.2. The molecule has 1 fully saturated rings. The van der Waals surface area contributed by atoms with Crippen LogP contribution >= 0.6 is 7.82 Å². The van der Waals surface area contributed by atoms with Crippen molar-refractivity contribution in [1.82, 2.24) is 14.5 Å². The third-order valence-corrected chi connectivity index (χ3v) is 3.95. The molecule has 0 aliphatic carbocycles. The summed E-state index contributed by atoms with van der Waals surface area (Å²) in [6.45, 7) is -0.404. The van der Waals surface area contributed by atoms with Crippen LogP contribution in [0.3, 0.4) is 0 Å². The molecular formula is C11H15N4O6P. The molecule has 11 heteroatoms. The van der Waals surface area contributed by atoms with Crippen molar-refractivity contribution in [2.75, 3.05) is 12.3 Å². The smallest absolute Gasteiger partial charge is 0.390 e. The zero-order chi connectivity index (χ0) is 15.9. The van der Waals surface area contributed by atoms with Gasteiger partial charge in [0.1, 0.15) is 30.1 Å². The van der Waals surface area contributed by atoms with E-state index in [9.17, 15) is 9.67 Å². The van der Waals surface area contributed by atoms with Gasteiger partial charge < -0.3 is 29.9 Å². The van der Waals surface area contributed by atoms with Gasteiger partial charge in [0.25, 0.3) is 0 Å². The maximum absolute atomic E-state index is 10.7. The molecule has 3 heterocycles. The number of ether oxygens (including phenoxy) is 1. The molecule has 0 aromatic carbocycles. The summed E-state index contributed by atoms with van der Waals surface area (Å²) in [5, 5.41) is 10.6. The third-order valence-electron chi connectivity index (χ3n) is 3.46. The van der Waals surface area contributed by atoms with E-state index in [2.05, 4.69) is 14.5 Å². The van der Waals surface area contributed by atoms with E-state index >= 15 is 0 Å². The summed E-state index contributed by atoms with van der Waals surface area (Å²) in [7, 11) is -4.61. The van der Waals surface area contributed by atoms with Crippen molar-refractivity contribution in [3.05, 3.63) is 18.6 Å². The largest absolute Gasteiger partial charge is 0.469 e. The van der Waals surface area contributed by atoms with Gasteiger partial charge in [-0.05, 0) is 6.07 Å². The van der Waals surface area contributed by atoms with Gasteiger partial charge in [-0.15, -0.1) is 0 Å². The maximum Gasteiger partial charge on any atom is 0.469 e. The van der Waals surface area contributed by atoms with E-state index in [1.807, 2.05) is 0 Å². The number of phosphoric acid groups is 1. The predicted molar refractivity (Wildman–Crippen MR) is 74.5 cm³/mol. The number of anilines is 1. The average Bonchev–Trinajstić information content (AvgIpc) is 3.00. The van der Waals surface area contributed by atoms with Crippen molar-refractivity contribution < 1.29 is 28.7 Å². The van der Waals surface area contributed by atoms with E-state index < -0.39 is 32.9 Å². The molecule has 10 nitrogen and oxygen atoms in total. The molecule has 0 spiro atoms. The first kappa shape index (κ1) is 15.3. The number of aliphatic hydroxyl groups is 1. The number of nitrogen functional groups attached to an aromatic ring is 1. The van der Waals surface area contributed by atoms with Crippen LogP contribution in [0, 0.1) is 0 Å². The fourth-order valence-electron chi connectivity index (χ4n) is 2.43. The molecule has 5 N–H and O–H groups in total. The molecule has 0 amide bonds. The molecule has 1 saturated heterocycles. The second-order valence-corrected chi connectivity index (χ2v) is 6.18. The molecule has 0 unspecified atom stereocenters. The molecule has 0 radical (unpaired) electrons. The monoisotopic (exact) mass is 330 g/mol. The average molecular weight is 330 g/mol. The standard InChI is InChI=1S/C11H15N4O6P/c12-10-6-1-2-15(11(6)14-5-13-10)9-3-7(16)8(21-9)4-20-22(17,18)19/h1-2,5,7-9,16H,3-4H2,(H2,12,13,14)(H2,17,18,19)/t7-,8+,9+/m0/s1. The summed E-state index contributed by atoms with van der Waals surface area (Å²) >= 11 is 0. The molecule has 1 aliphatic heterocycles. The Balaban J connectivity index is 1.78. The van der Waals surface area contributed by atoms with Gasteiger partial charge in [0.15, 0.2) is 0 Å². The van der Waals surface area contributed by atoms with E-state index in [1.165, 1.54) is 6.33 Å². The minimum absolute atomic E-state index is 0.239. The summed E-state index contributed by atoms with van der Waals surface area (Å²) in [6, 6.07) is 1.74. The zero-order valence-electron chi connectivity index (χ0n) is 11.3. The second-order valence-electron chi connectivity index (χ2n) is 4.94. The number of nitrogens with two attached hydrogens (primary N) is 1. The maximum atomic E-state index is 10.7. The summed E-state index contributed by atoms with van der Waals surface area (Å²) in [6.07, 6.45) is 0.991. The Labute approximate surface area is 124 Å². The molecule has 3 rings (SSSR count). The first-order chi connectivity index (χ1) is 10.3. The molecule has 3 atom stereocenters. The van der Waals surface area contributed by atoms with Crippen LogP contribution in [-0.4, -0.2) is 48.2 Å². The van der Waals surface area contributed by atoms with Crippen molar-refractivity contribution in [2.45, 2.75) is 24.9 Å². The van der Waals surface area contributed by atoms with Gasteiger partial charge in [-0.25, -0.2) is 14.5 Å². The Bertz CT molecular complexity index is 730. The summed E-state index contributed by atoms with van der Waals surface area (Å²) in [4.78, 5) is 25.4. The SMILES string of the molecule is Nc1ncnc2c1ccn2[C@H]1C[C@H](O)[C@@H](COP(=O)(O)O)O1. The fourth-order valence-corrected chi connectivity index (χ4v) is 2.77. The van der Waals surface area contributed by atoms with Gasteiger partial charge >= 0.3 is 7.82 Å². The number of phosphoric ester groups is 1. The van der Waals surface area contributed by atoms with Gasteiger partial charge in [0, 0.05) is 12.6 Å². The summed E-state index contributed by atoms with van der Waals surface area (Å²) in [5.41, 5.74) is 6.31. The van der Waals surface area contributed by atoms with Crippen LogP contribution in [0.5, 0.6) is 0 Å². The third kappa shape index (κ3) is 2.98. The quantitative estimate of drug-likeness (QED) is 0.557. The molecule has 1 aliphatic rings. The highest BCUT2D eigenvalue weighted by molar-refractivity contribution is 7.46. The number of rotatable bonds is 4. The lowest BCUT2D eigenvalue weighted by atomic mass is 10.2.